The van der Waals surface area contributed by atoms with E-state index < -0.39 is 5.97 Å². The zero-order valence-corrected chi connectivity index (χ0v) is 10.6. The molecule has 1 aromatic carbocycles. The van der Waals surface area contributed by atoms with E-state index in [9.17, 15) is 9.90 Å². The monoisotopic (exact) mass is 245 g/mol. The van der Waals surface area contributed by atoms with E-state index in [1.165, 1.54) is 0 Å². The molecule has 0 bridgehead atoms. The molecule has 5 heteroatoms. The fourth-order valence-electron chi connectivity index (χ4n) is 2.04. The predicted molar refractivity (Wildman–Crippen MR) is 67.5 cm³/mol. The molecule has 2 rings (SSSR count). The number of hydrogen-bond donors (Lipinski definition) is 1. The summed E-state index contributed by atoms with van der Waals surface area (Å²) in [6.07, 6.45) is 0. The van der Waals surface area contributed by atoms with Gasteiger partial charge in [-0.3, -0.25) is 0 Å². The first-order chi connectivity index (χ1) is 8.52. The minimum atomic E-state index is -0.957. The lowest BCUT2D eigenvalue weighted by Gasteiger charge is -2.13. The second-order valence-corrected chi connectivity index (χ2v) is 4.39. The predicted octanol–water partition coefficient (Wildman–Crippen LogP) is 2.53. The topological polar surface area (TPSA) is 68.0 Å². The van der Waals surface area contributed by atoms with E-state index in [1.54, 1.807) is 24.3 Å². The van der Waals surface area contributed by atoms with Crippen LogP contribution in [0.15, 0.2) is 24.3 Å². The Hall–Kier alpha value is -2.17. The molecule has 0 saturated carbocycles. The number of nitrogens with zero attached hydrogens (tertiary/aromatic N) is 3. The van der Waals surface area contributed by atoms with Crippen LogP contribution in [0.5, 0.6) is 0 Å². The highest BCUT2D eigenvalue weighted by molar-refractivity contribution is 5.94. The summed E-state index contributed by atoms with van der Waals surface area (Å²) in [6.45, 7) is 5.90. The van der Waals surface area contributed by atoms with Gasteiger partial charge in [0.05, 0.1) is 5.56 Å². The van der Waals surface area contributed by atoms with Crippen LogP contribution in [0.4, 0.5) is 0 Å². The molecule has 0 atom stereocenters. The maximum atomic E-state index is 11.2. The Bertz CT molecular complexity index is 588. The fourth-order valence-corrected chi connectivity index (χ4v) is 2.04. The molecule has 1 aromatic heterocycles. The van der Waals surface area contributed by atoms with Gasteiger partial charge in [-0.15, -0.1) is 10.2 Å². The third kappa shape index (κ3) is 1.99. The van der Waals surface area contributed by atoms with Crippen molar-refractivity contribution in [3.8, 4) is 11.4 Å². The number of benzene rings is 1. The molecule has 94 valence electrons. The number of aromatic carboxylic acids is 1. The molecule has 0 unspecified atom stereocenters. The first kappa shape index (κ1) is 12.3. The van der Waals surface area contributed by atoms with Crippen molar-refractivity contribution in [3.63, 3.8) is 0 Å². The van der Waals surface area contributed by atoms with Crippen molar-refractivity contribution in [3.05, 3.63) is 35.7 Å². The zero-order valence-electron chi connectivity index (χ0n) is 10.6. The maximum Gasteiger partial charge on any atom is 0.336 e. The molecule has 0 spiro atoms. The number of carboxylic acids is 1. The molecule has 1 heterocycles. The van der Waals surface area contributed by atoms with E-state index in [4.69, 9.17) is 0 Å². The second kappa shape index (κ2) is 4.60. The number of carbonyl (C=O) groups is 1. The van der Waals surface area contributed by atoms with Crippen LogP contribution < -0.4 is 0 Å². The van der Waals surface area contributed by atoms with Crippen LogP contribution in [0.3, 0.4) is 0 Å². The molecule has 0 radical (unpaired) electrons. The Labute approximate surface area is 105 Å². The van der Waals surface area contributed by atoms with Crippen LogP contribution >= 0.6 is 0 Å². The quantitative estimate of drug-likeness (QED) is 0.902. The van der Waals surface area contributed by atoms with E-state index >= 15 is 0 Å². The molecule has 0 amide bonds. The number of rotatable bonds is 3. The molecular formula is C13H15N3O2. The van der Waals surface area contributed by atoms with Gasteiger partial charge >= 0.3 is 5.97 Å². The van der Waals surface area contributed by atoms with Crippen molar-refractivity contribution in [2.24, 2.45) is 0 Å². The van der Waals surface area contributed by atoms with Crippen LogP contribution in [0.25, 0.3) is 11.4 Å². The number of carboxylic acid groups (broad SMARTS) is 1. The molecular weight excluding hydrogens is 230 g/mol. The van der Waals surface area contributed by atoms with Gasteiger partial charge in [-0.2, -0.15) is 0 Å². The number of aromatic nitrogens is 3. The Balaban J connectivity index is 2.66. The molecule has 2 aromatic rings. The summed E-state index contributed by atoms with van der Waals surface area (Å²) in [6, 6.07) is 7.02. The van der Waals surface area contributed by atoms with Crippen LogP contribution in [0.2, 0.25) is 0 Å². The molecule has 0 saturated heterocycles. The summed E-state index contributed by atoms with van der Waals surface area (Å²) in [5.74, 6) is 0.419. The highest BCUT2D eigenvalue weighted by Crippen LogP contribution is 2.25. The van der Waals surface area contributed by atoms with Gasteiger partial charge < -0.3 is 9.67 Å². The molecule has 0 aliphatic carbocycles. The first-order valence-electron chi connectivity index (χ1n) is 5.76. The summed E-state index contributed by atoms with van der Waals surface area (Å²) in [5.41, 5.74) is 0.839. The van der Waals surface area contributed by atoms with Crippen molar-refractivity contribution in [1.29, 1.82) is 0 Å². The zero-order chi connectivity index (χ0) is 13.3. The first-order valence-corrected chi connectivity index (χ1v) is 5.76. The normalized spacial score (nSPS) is 10.9. The standard InChI is InChI=1S/C13H15N3O2/c1-8(2)16-9(3)14-15-12(16)10-6-4-5-7-11(10)13(17)18/h4-8H,1-3H3,(H,17,18). The molecule has 0 fully saturated rings. The van der Waals surface area contributed by atoms with Gasteiger partial charge in [0, 0.05) is 11.6 Å². The third-order valence-corrected chi connectivity index (χ3v) is 2.78. The average molecular weight is 245 g/mol. The highest BCUT2D eigenvalue weighted by atomic mass is 16.4. The van der Waals surface area contributed by atoms with E-state index in [0.717, 1.165) is 5.82 Å². The van der Waals surface area contributed by atoms with Crippen molar-refractivity contribution in [2.75, 3.05) is 0 Å². The van der Waals surface area contributed by atoms with Crippen molar-refractivity contribution in [2.45, 2.75) is 26.8 Å². The Morgan fingerprint density at radius 3 is 2.56 bits per heavy atom. The minimum Gasteiger partial charge on any atom is -0.478 e. The largest absolute Gasteiger partial charge is 0.478 e. The lowest BCUT2D eigenvalue weighted by atomic mass is 10.1. The number of hydrogen-bond acceptors (Lipinski definition) is 3. The van der Waals surface area contributed by atoms with Gasteiger partial charge in [-0.1, -0.05) is 18.2 Å². The smallest absolute Gasteiger partial charge is 0.336 e. The Kier molecular flexibility index (Phi) is 3.14. The van der Waals surface area contributed by atoms with Crippen molar-refractivity contribution in [1.82, 2.24) is 14.8 Å². The molecule has 5 nitrogen and oxygen atoms in total. The van der Waals surface area contributed by atoms with Crippen LogP contribution in [-0.4, -0.2) is 25.8 Å². The average Bonchev–Trinajstić information content (AvgIpc) is 2.71. The van der Waals surface area contributed by atoms with Crippen molar-refractivity contribution < 1.29 is 9.90 Å². The Morgan fingerprint density at radius 1 is 1.28 bits per heavy atom. The summed E-state index contributed by atoms with van der Waals surface area (Å²) in [7, 11) is 0. The second-order valence-electron chi connectivity index (χ2n) is 4.39. The van der Waals surface area contributed by atoms with E-state index in [1.807, 2.05) is 25.3 Å². The lowest BCUT2D eigenvalue weighted by molar-refractivity contribution is 0.0697. The van der Waals surface area contributed by atoms with Gasteiger partial charge in [0.25, 0.3) is 0 Å². The minimum absolute atomic E-state index is 0.178. The molecule has 18 heavy (non-hydrogen) atoms. The molecule has 0 aliphatic heterocycles. The van der Waals surface area contributed by atoms with E-state index in [2.05, 4.69) is 10.2 Å². The van der Waals surface area contributed by atoms with Crippen LogP contribution in [-0.2, 0) is 0 Å². The van der Waals surface area contributed by atoms with E-state index in [0.29, 0.717) is 11.4 Å². The lowest BCUT2D eigenvalue weighted by Crippen LogP contribution is -2.08. The highest BCUT2D eigenvalue weighted by Gasteiger charge is 2.18. The number of aryl methyl sites for hydroxylation is 1. The summed E-state index contributed by atoms with van der Waals surface area (Å²) < 4.78 is 1.93. The Morgan fingerprint density at radius 2 is 1.94 bits per heavy atom. The summed E-state index contributed by atoms with van der Waals surface area (Å²) in [5, 5.41) is 17.3. The molecule has 1 N–H and O–H groups in total. The van der Waals surface area contributed by atoms with Crippen LogP contribution in [0, 0.1) is 6.92 Å². The van der Waals surface area contributed by atoms with E-state index in [-0.39, 0.29) is 11.6 Å². The summed E-state index contributed by atoms with van der Waals surface area (Å²) in [4.78, 5) is 11.2. The SMILES string of the molecule is Cc1nnc(-c2ccccc2C(=O)O)n1C(C)C. The third-order valence-electron chi connectivity index (χ3n) is 2.78. The van der Waals surface area contributed by atoms with Gasteiger partial charge in [0.2, 0.25) is 0 Å². The molecule has 0 aliphatic rings. The van der Waals surface area contributed by atoms with Crippen LogP contribution in [0.1, 0.15) is 36.1 Å². The summed E-state index contributed by atoms with van der Waals surface area (Å²) >= 11 is 0. The van der Waals surface area contributed by atoms with Gasteiger partial charge in [0.15, 0.2) is 5.82 Å². The van der Waals surface area contributed by atoms with Gasteiger partial charge in [0.1, 0.15) is 5.82 Å². The van der Waals surface area contributed by atoms with Crippen molar-refractivity contribution >= 4 is 5.97 Å². The maximum absolute atomic E-state index is 11.2. The van der Waals surface area contributed by atoms with Gasteiger partial charge in [-0.25, -0.2) is 4.79 Å². The fraction of sp³-hybridized carbons (Fsp3) is 0.308. The van der Waals surface area contributed by atoms with Gasteiger partial charge in [-0.05, 0) is 26.8 Å².